The molecular weight excluding hydrogens is 370 g/mol. The summed E-state index contributed by atoms with van der Waals surface area (Å²) in [6.45, 7) is 0. The standard InChI is InChI=1S/C22H23N3O4/c26-18(20-23-14-7-2-3-8-15(14)24-20)19(27)21(28)25-16-12-22(10-5-11-22)29-17-9-4-1-6-13(16)17/h1-4,6-9,16,18-19,26-27H,5,10-12H2,(H,23,24)(H,25,28). The first-order valence-corrected chi connectivity index (χ1v) is 9.94. The third kappa shape index (κ3) is 3.16. The lowest BCUT2D eigenvalue weighted by molar-refractivity contribution is -0.137. The molecule has 4 N–H and O–H groups in total. The van der Waals surface area contributed by atoms with Crippen LogP contribution < -0.4 is 10.1 Å². The molecule has 2 aromatic carbocycles. The summed E-state index contributed by atoms with van der Waals surface area (Å²) in [6, 6.07) is 14.7. The van der Waals surface area contributed by atoms with E-state index in [-0.39, 0.29) is 17.5 Å². The number of carbonyl (C=O) groups excluding carboxylic acids is 1. The van der Waals surface area contributed by atoms with Gasteiger partial charge in [0.2, 0.25) is 0 Å². The van der Waals surface area contributed by atoms with Crippen molar-refractivity contribution in [2.75, 3.05) is 0 Å². The smallest absolute Gasteiger partial charge is 0.252 e. The van der Waals surface area contributed by atoms with Crippen molar-refractivity contribution in [1.82, 2.24) is 15.3 Å². The van der Waals surface area contributed by atoms with E-state index in [1.54, 1.807) is 6.07 Å². The largest absolute Gasteiger partial charge is 0.487 e. The molecule has 29 heavy (non-hydrogen) atoms. The molecule has 1 spiro atoms. The maximum atomic E-state index is 12.8. The molecule has 5 rings (SSSR count). The van der Waals surface area contributed by atoms with Gasteiger partial charge in [-0.05, 0) is 37.5 Å². The lowest BCUT2D eigenvalue weighted by Gasteiger charge is -2.48. The van der Waals surface area contributed by atoms with Gasteiger partial charge in [-0.1, -0.05) is 30.3 Å². The van der Waals surface area contributed by atoms with Crippen molar-refractivity contribution in [2.45, 2.75) is 49.5 Å². The number of aromatic nitrogens is 2. The van der Waals surface area contributed by atoms with Crippen LogP contribution in [0.3, 0.4) is 0 Å². The Balaban J connectivity index is 1.35. The van der Waals surface area contributed by atoms with E-state index in [0.29, 0.717) is 11.9 Å². The molecule has 1 fully saturated rings. The number of aliphatic hydroxyl groups excluding tert-OH is 2. The SMILES string of the molecule is O=C(NC1CC2(CCC2)Oc2ccccc21)C(O)C(O)c1nc2ccccc2[nH]1. The van der Waals surface area contributed by atoms with Crippen molar-refractivity contribution in [1.29, 1.82) is 0 Å². The van der Waals surface area contributed by atoms with Crippen LogP contribution in [0.1, 0.15) is 49.2 Å². The number of rotatable bonds is 4. The summed E-state index contributed by atoms with van der Waals surface area (Å²) >= 11 is 0. The zero-order valence-electron chi connectivity index (χ0n) is 15.8. The molecule has 0 bridgehead atoms. The van der Waals surface area contributed by atoms with Gasteiger partial charge in [-0.25, -0.2) is 4.98 Å². The number of benzene rings is 2. The predicted octanol–water partition coefficient (Wildman–Crippen LogP) is 2.52. The number of nitrogens with one attached hydrogen (secondary N) is 2. The third-order valence-corrected chi connectivity index (χ3v) is 6.03. The van der Waals surface area contributed by atoms with Gasteiger partial charge in [0.05, 0.1) is 17.1 Å². The highest BCUT2D eigenvalue weighted by molar-refractivity contribution is 5.82. The van der Waals surface area contributed by atoms with Gasteiger partial charge in [0.1, 0.15) is 23.3 Å². The van der Waals surface area contributed by atoms with Gasteiger partial charge in [-0.3, -0.25) is 4.79 Å². The van der Waals surface area contributed by atoms with Crippen LogP contribution in [0.2, 0.25) is 0 Å². The van der Waals surface area contributed by atoms with Gasteiger partial charge < -0.3 is 25.3 Å². The number of para-hydroxylation sites is 3. The number of fused-ring (bicyclic) bond motifs is 2. The summed E-state index contributed by atoms with van der Waals surface area (Å²) in [5.74, 6) is 0.307. The Morgan fingerprint density at radius 1 is 1.17 bits per heavy atom. The van der Waals surface area contributed by atoms with Crippen LogP contribution in [0.4, 0.5) is 0 Å². The van der Waals surface area contributed by atoms with Crippen LogP contribution in [-0.4, -0.2) is 37.8 Å². The van der Waals surface area contributed by atoms with Crippen molar-refractivity contribution >= 4 is 16.9 Å². The number of H-pyrrole nitrogens is 1. The van der Waals surface area contributed by atoms with Gasteiger partial charge in [0.15, 0.2) is 6.10 Å². The summed E-state index contributed by atoms with van der Waals surface area (Å²) in [5, 5.41) is 23.9. The fourth-order valence-corrected chi connectivity index (χ4v) is 4.29. The molecule has 1 aliphatic heterocycles. The first-order valence-electron chi connectivity index (χ1n) is 9.94. The Hall–Kier alpha value is -2.90. The number of imidazole rings is 1. The molecule has 150 valence electrons. The summed E-state index contributed by atoms with van der Waals surface area (Å²) in [6.07, 6.45) is 0.591. The molecular formula is C22H23N3O4. The summed E-state index contributed by atoms with van der Waals surface area (Å²) in [7, 11) is 0. The number of hydrogen-bond acceptors (Lipinski definition) is 5. The van der Waals surface area contributed by atoms with E-state index in [1.165, 1.54) is 0 Å². The number of aliphatic hydroxyl groups is 2. The topological polar surface area (TPSA) is 107 Å². The second kappa shape index (κ2) is 6.86. The van der Waals surface area contributed by atoms with Crippen LogP contribution in [-0.2, 0) is 4.79 Å². The van der Waals surface area contributed by atoms with Crippen molar-refractivity contribution in [3.8, 4) is 5.75 Å². The van der Waals surface area contributed by atoms with Crippen molar-refractivity contribution < 1.29 is 19.7 Å². The number of nitrogens with zero attached hydrogens (tertiary/aromatic N) is 1. The predicted molar refractivity (Wildman–Crippen MR) is 106 cm³/mol. The molecule has 7 nitrogen and oxygen atoms in total. The van der Waals surface area contributed by atoms with E-state index in [9.17, 15) is 15.0 Å². The molecule has 1 amide bonds. The first-order chi connectivity index (χ1) is 14.0. The first kappa shape index (κ1) is 18.1. The Morgan fingerprint density at radius 2 is 1.93 bits per heavy atom. The maximum Gasteiger partial charge on any atom is 0.252 e. The number of aromatic amines is 1. The van der Waals surface area contributed by atoms with E-state index in [0.717, 1.165) is 36.1 Å². The van der Waals surface area contributed by atoms with Crippen molar-refractivity contribution in [3.63, 3.8) is 0 Å². The minimum atomic E-state index is -1.64. The quantitative estimate of drug-likeness (QED) is 0.545. The normalized spacial score (nSPS) is 21.7. The maximum absolute atomic E-state index is 12.8. The van der Waals surface area contributed by atoms with Crippen LogP contribution in [0.15, 0.2) is 48.5 Å². The van der Waals surface area contributed by atoms with Crippen LogP contribution in [0, 0.1) is 0 Å². The van der Waals surface area contributed by atoms with E-state index >= 15 is 0 Å². The molecule has 7 heteroatoms. The second-order valence-electron chi connectivity index (χ2n) is 7.97. The van der Waals surface area contributed by atoms with E-state index in [1.807, 2.05) is 42.5 Å². The monoisotopic (exact) mass is 393 g/mol. The minimum absolute atomic E-state index is 0.164. The Bertz CT molecular complexity index is 1030. The fraction of sp³-hybridized carbons (Fsp3) is 0.364. The average Bonchev–Trinajstić information content (AvgIpc) is 3.15. The molecule has 1 saturated carbocycles. The lowest BCUT2D eigenvalue weighted by Crippen LogP contribution is -2.51. The Kier molecular flexibility index (Phi) is 4.29. The zero-order valence-corrected chi connectivity index (χ0v) is 15.8. The number of hydrogen-bond donors (Lipinski definition) is 4. The van der Waals surface area contributed by atoms with Crippen LogP contribution in [0.5, 0.6) is 5.75 Å². The van der Waals surface area contributed by atoms with E-state index in [4.69, 9.17) is 4.74 Å². The van der Waals surface area contributed by atoms with Gasteiger partial charge in [0.25, 0.3) is 5.91 Å². The van der Waals surface area contributed by atoms with Gasteiger partial charge in [-0.15, -0.1) is 0 Å². The second-order valence-corrected chi connectivity index (χ2v) is 7.97. The molecule has 2 aliphatic rings. The van der Waals surface area contributed by atoms with E-state index < -0.39 is 18.1 Å². The fourth-order valence-electron chi connectivity index (χ4n) is 4.29. The lowest BCUT2D eigenvalue weighted by atomic mass is 9.73. The molecule has 3 aromatic rings. The highest BCUT2D eigenvalue weighted by Crippen LogP contribution is 2.48. The van der Waals surface area contributed by atoms with Crippen molar-refractivity contribution in [3.05, 3.63) is 59.9 Å². The molecule has 0 radical (unpaired) electrons. The summed E-state index contributed by atoms with van der Waals surface area (Å²) in [5.41, 5.74) is 2.05. The Morgan fingerprint density at radius 3 is 2.69 bits per heavy atom. The molecule has 2 heterocycles. The summed E-state index contributed by atoms with van der Waals surface area (Å²) < 4.78 is 6.20. The van der Waals surface area contributed by atoms with Gasteiger partial charge in [-0.2, -0.15) is 0 Å². The average molecular weight is 393 g/mol. The molecule has 1 aliphatic carbocycles. The minimum Gasteiger partial charge on any atom is -0.487 e. The highest BCUT2D eigenvalue weighted by Gasteiger charge is 2.46. The highest BCUT2D eigenvalue weighted by atomic mass is 16.5. The number of carbonyl (C=O) groups is 1. The molecule has 3 atom stereocenters. The zero-order chi connectivity index (χ0) is 20.0. The van der Waals surface area contributed by atoms with Crippen LogP contribution in [0.25, 0.3) is 11.0 Å². The van der Waals surface area contributed by atoms with Gasteiger partial charge in [0, 0.05) is 12.0 Å². The van der Waals surface area contributed by atoms with Gasteiger partial charge >= 0.3 is 0 Å². The Labute approximate surface area is 167 Å². The van der Waals surface area contributed by atoms with Crippen LogP contribution >= 0.6 is 0 Å². The van der Waals surface area contributed by atoms with E-state index in [2.05, 4.69) is 15.3 Å². The number of amides is 1. The molecule has 0 saturated heterocycles. The summed E-state index contributed by atoms with van der Waals surface area (Å²) in [4.78, 5) is 20.0. The number of ether oxygens (including phenoxy) is 1. The molecule has 3 unspecified atom stereocenters. The van der Waals surface area contributed by atoms with Crippen molar-refractivity contribution in [2.24, 2.45) is 0 Å². The third-order valence-electron chi connectivity index (χ3n) is 6.03. The molecule has 1 aromatic heterocycles.